The van der Waals surface area contributed by atoms with Crippen molar-refractivity contribution in [2.45, 2.75) is 51.6 Å². The molecule has 10 heterocycles. The summed E-state index contributed by atoms with van der Waals surface area (Å²) >= 11 is 34.8. The summed E-state index contributed by atoms with van der Waals surface area (Å²) in [6, 6.07) is 24.2. The summed E-state index contributed by atoms with van der Waals surface area (Å²) in [5, 5.41) is 20.9. The summed E-state index contributed by atoms with van der Waals surface area (Å²) in [6.07, 6.45) is 9.72. The highest BCUT2D eigenvalue weighted by atomic mass is 35.5. The van der Waals surface area contributed by atoms with Gasteiger partial charge in [-0.2, -0.15) is 13.2 Å². The van der Waals surface area contributed by atoms with E-state index in [0.29, 0.717) is 86.1 Å². The highest BCUT2D eigenvalue weighted by Gasteiger charge is 2.36. The zero-order chi connectivity index (χ0) is 69.2. The molecule has 6 aromatic heterocycles. The Bertz CT molecular complexity index is 4410. The van der Waals surface area contributed by atoms with Crippen LogP contribution in [0.4, 0.5) is 71.0 Å². The van der Waals surface area contributed by atoms with Crippen LogP contribution in [0.25, 0.3) is 33.8 Å². The minimum Gasteiger partial charge on any atom is -0.379 e. The largest absolute Gasteiger partial charge is 0.435 e. The van der Waals surface area contributed by atoms with E-state index < -0.39 is 11.9 Å². The molecule has 0 radical (unpaired) electrons. The van der Waals surface area contributed by atoms with Crippen molar-refractivity contribution in [1.82, 2.24) is 59.6 Å². The Hall–Kier alpha value is -8.28. The maximum Gasteiger partial charge on any atom is 0.435 e. The molecule has 1 fully saturated rings. The minimum atomic E-state index is -4.63. The monoisotopic (exact) mass is 1440 g/mol. The molecule has 1 saturated heterocycles. The summed E-state index contributed by atoms with van der Waals surface area (Å²) in [6.45, 7) is 9.24. The van der Waals surface area contributed by atoms with Gasteiger partial charge in [0.1, 0.15) is 5.82 Å². The number of rotatable bonds is 17. The lowest BCUT2D eigenvalue weighted by molar-refractivity contribution is -0.140. The van der Waals surface area contributed by atoms with Crippen molar-refractivity contribution < 1.29 is 17.9 Å². The van der Waals surface area contributed by atoms with Gasteiger partial charge in [0.25, 0.3) is 0 Å². The lowest BCUT2D eigenvalue weighted by atomic mass is 10.1. The third kappa shape index (κ3) is 18.7. The number of ether oxygens (including phenoxy) is 1. The van der Waals surface area contributed by atoms with Crippen LogP contribution in [0.2, 0.25) is 15.1 Å². The van der Waals surface area contributed by atoms with E-state index in [1.54, 1.807) is 30.6 Å². The van der Waals surface area contributed by atoms with Crippen LogP contribution in [0.5, 0.6) is 0 Å². The molecule has 20 nitrogen and oxygen atoms in total. The van der Waals surface area contributed by atoms with Crippen LogP contribution in [-0.4, -0.2) is 162 Å². The van der Waals surface area contributed by atoms with Gasteiger partial charge in [0, 0.05) is 156 Å². The van der Waals surface area contributed by atoms with E-state index in [1.807, 2.05) is 93.0 Å². The Labute approximate surface area is 598 Å². The van der Waals surface area contributed by atoms with Crippen molar-refractivity contribution in [3.63, 3.8) is 0 Å². The Morgan fingerprint density at radius 3 is 1.48 bits per heavy atom. The van der Waals surface area contributed by atoms with Crippen LogP contribution < -0.4 is 36.8 Å². The summed E-state index contributed by atoms with van der Waals surface area (Å²) in [5.41, 5.74) is 13.3. The lowest BCUT2D eigenvalue weighted by Gasteiger charge is -2.26. The first-order valence-electron chi connectivity index (χ1n) is 31.5. The molecule has 0 atom stereocenters. The zero-order valence-electron chi connectivity index (χ0n) is 54.6. The number of aromatic nitrogens is 9. The smallest absolute Gasteiger partial charge is 0.379 e. The molecule has 9 aromatic rings. The number of aryl methyl sites for hydroxylation is 1. The molecular weight excluding hydrogens is 1370 g/mol. The van der Waals surface area contributed by atoms with Gasteiger partial charge in [-0.3, -0.25) is 9.88 Å². The fraction of sp³-hybridized carbons (Fsp3) is 0.304. The van der Waals surface area contributed by atoms with E-state index in [9.17, 15) is 13.2 Å². The SMILES string of the molecule is CN(C)CCCN(C)c1ccc(Nc2ncc3c(n2)-c2ccc(Cl)cc2NC(=S)C3)cn1.CN(C)CCc1cnc(C(F)(F)F)c(Nc2ncc3c(n2)-c2ccc(Cl)cc2NC(=S)C3)c1.Cc1ncc(CCN2CCOCC2)cc1Nc1ncc2c(n1)-c1ccc(Cl)cc1NC(=S)C2. The van der Waals surface area contributed by atoms with Crippen molar-refractivity contribution >= 4 is 144 Å². The first kappa shape index (κ1) is 71.0. The number of nitrogens with zero attached hydrogens (tertiary/aromatic N) is 13. The molecule has 4 aliphatic heterocycles. The van der Waals surface area contributed by atoms with Gasteiger partial charge in [-0.15, -0.1) is 0 Å². The van der Waals surface area contributed by atoms with Gasteiger partial charge in [0.15, 0.2) is 5.69 Å². The number of hydrogen-bond donors (Lipinski definition) is 6. The average molecular weight is 1440 g/mol. The second-order valence-electron chi connectivity index (χ2n) is 24.3. The van der Waals surface area contributed by atoms with Crippen LogP contribution in [-0.2, 0) is 43.0 Å². The van der Waals surface area contributed by atoms with Gasteiger partial charge < -0.3 is 51.3 Å². The second-order valence-corrected chi connectivity index (χ2v) is 27.1. The Morgan fingerprint density at radius 1 is 0.531 bits per heavy atom. The van der Waals surface area contributed by atoms with Crippen molar-refractivity contribution in [1.29, 1.82) is 0 Å². The number of likely N-dealkylation sites (N-methyl/N-ethyl adjacent to an activating group) is 1. The second kappa shape index (κ2) is 32.1. The standard InChI is InChI=1S/C24H25ClN6OS.C23H26ClN7S.C22H20ClF3N6S/c1-15-20(10-16(13-26-15)4-5-31-6-8-32-9-7-31)29-24-27-14-17-11-22(33)28-21-12-18(25)2-3-19(21)23(17)30-24;1-30(2)9-4-10-31(3)20-8-6-17(14-25-20)27-23-26-13-15-11-21(32)28-19-12-16(24)5-7-18(19)22(15)29-23;1-32(2)6-5-12-7-17(20(27-10-12)22(24,25)26)30-21-28-11-13-8-18(33)29-16-9-14(23)3-4-15(16)19(13)31-21/h2-3,10,12-14H,4-9,11H2,1H3,(H,28,33)(H,27,29,30);5-8,12-14H,4,9-11H2,1-3H3,(H,28,32)(H,26,27,29);3-4,7,9-11H,5-6,8H2,1-2H3,(H,29,33)(H,28,30,31). The first-order valence-corrected chi connectivity index (χ1v) is 33.9. The number of pyridine rings is 3. The predicted molar refractivity (Wildman–Crippen MR) is 399 cm³/mol. The van der Waals surface area contributed by atoms with Crippen molar-refractivity contribution in [3.8, 4) is 33.8 Å². The highest BCUT2D eigenvalue weighted by molar-refractivity contribution is 7.81. The van der Waals surface area contributed by atoms with Crippen LogP contribution in [0.15, 0.2) is 116 Å². The summed E-state index contributed by atoms with van der Waals surface area (Å²) < 4.78 is 46.3. The molecule has 0 saturated carbocycles. The molecule has 98 heavy (non-hydrogen) atoms. The molecule has 13 rings (SSSR count). The lowest BCUT2D eigenvalue weighted by Crippen LogP contribution is -2.37. The number of alkyl halides is 3. The molecule has 0 amide bonds. The summed E-state index contributed by atoms with van der Waals surface area (Å²) in [7, 11) is 10.0. The molecule has 4 aliphatic rings. The topological polar surface area (TPSA) is 210 Å². The van der Waals surface area contributed by atoms with Crippen LogP contribution in [0, 0.1) is 6.92 Å². The van der Waals surface area contributed by atoms with Crippen molar-refractivity contribution in [2.24, 2.45) is 0 Å². The van der Waals surface area contributed by atoms with E-state index in [-0.39, 0.29) is 11.6 Å². The molecule has 0 bridgehead atoms. The quantitative estimate of drug-likeness (QED) is 0.0468. The van der Waals surface area contributed by atoms with E-state index in [4.69, 9.17) is 86.2 Å². The van der Waals surface area contributed by atoms with Gasteiger partial charge in [0.2, 0.25) is 17.8 Å². The number of anilines is 10. The van der Waals surface area contributed by atoms with E-state index >= 15 is 0 Å². The highest BCUT2D eigenvalue weighted by Crippen LogP contribution is 2.40. The summed E-state index contributed by atoms with van der Waals surface area (Å²) in [4.78, 5) is 51.0. The van der Waals surface area contributed by atoms with E-state index in [2.05, 4.69) is 109 Å². The number of benzene rings is 3. The van der Waals surface area contributed by atoms with Gasteiger partial charge in [-0.05, 0) is 151 Å². The maximum atomic E-state index is 13.6. The molecular formula is C69H71Cl3F3N19OS3. The zero-order valence-corrected chi connectivity index (χ0v) is 59.3. The van der Waals surface area contributed by atoms with Gasteiger partial charge in [0.05, 0.1) is 74.2 Å². The summed E-state index contributed by atoms with van der Waals surface area (Å²) in [5.74, 6) is 1.99. The Balaban J connectivity index is 0.000000149. The number of hydrogen-bond acceptors (Lipinski definition) is 20. The number of thiocarbonyl (C=S) groups is 3. The van der Waals surface area contributed by atoms with Gasteiger partial charge >= 0.3 is 6.18 Å². The normalized spacial score (nSPS) is 13.9. The molecule has 0 unspecified atom stereocenters. The van der Waals surface area contributed by atoms with Gasteiger partial charge in [-0.25, -0.2) is 39.9 Å². The molecule has 29 heteroatoms. The molecule has 0 aliphatic carbocycles. The van der Waals surface area contributed by atoms with Crippen molar-refractivity contribution in [2.75, 3.05) is 125 Å². The predicted octanol–water partition coefficient (Wildman–Crippen LogP) is 14.4. The fourth-order valence-electron chi connectivity index (χ4n) is 11.1. The fourth-order valence-corrected chi connectivity index (χ4v) is 12.4. The van der Waals surface area contributed by atoms with Crippen LogP contribution in [0.1, 0.15) is 45.6 Å². The number of halogens is 6. The number of fused-ring (bicyclic) bond motifs is 9. The van der Waals surface area contributed by atoms with E-state index in [0.717, 1.165) is 143 Å². The Morgan fingerprint density at radius 2 is 1.00 bits per heavy atom. The third-order valence-electron chi connectivity index (χ3n) is 16.2. The molecule has 0 spiro atoms. The molecule has 508 valence electrons. The number of morpholine rings is 1. The third-order valence-corrected chi connectivity index (χ3v) is 17.6. The maximum absolute atomic E-state index is 13.6. The molecule has 6 N–H and O–H groups in total. The van der Waals surface area contributed by atoms with Crippen molar-refractivity contribution in [3.05, 3.63) is 170 Å². The first-order chi connectivity index (χ1) is 47.0. The van der Waals surface area contributed by atoms with Crippen LogP contribution in [0.3, 0.4) is 0 Å². The Kier molecular flexibility index (Phi) is 23.3. The van der Waals surface area contributed by atoms with Crippen LogP contribution >= 0.6 is 71.5 Å². The average Bonchev–Trinajstić information content (AvgIpc) is 1.66. The van der Waals surface area contributed by atoms with Gasteiger partial charge in [-0.1, -0.05) is 71.5 Å². The number of nitrogens with one attached hydrogen (secondary N) is 6. The molecule has 3 aromatic carbocycles. The van der Waals surface area contributed by atoms with E-state index in [1.165, 1.54) is 17.8 Å². The minimum absolute atomic E-state index is 0.0273.